The lowest BCUT2D eigenvalue weighted by molar-refractivity contribution is -0.150. The van der Waals surface area contributed by atoms with Crippen LogP contribution in [-0.4, -0.2) is 43.8 Å². The second-order valence-electron chi connectivity index (χ2n) is 3.15. The normalized spacial score (nSPS) is 10.5. The van der Waals surface area contributed by atoms with Crippen molar-refractivity contribution in [3.8, 4) is 0 Å². The number of rotatable bonds is 4. The highest BCUT2D eigenvalue weighted by Crippen LogP contribution is 1.98. The molecule has 0 aliphatic heterocycles. The topological polar surface area (TPSA) is 63.7 Å². The Bertz CT molecular complexity index is 213. The van der Waals surface area contributed by atoms with Crippen molar-refractivity contribution in [3.63, 3.8) is 0 Å². The van der Waals surface area contributed by atoms with Crippen molar-refractivity contribution in [2.45, 2.75) is 20.8 Å². The van der Waals surface area contributed by atoms with Crippen molar-refractivity contribution in [1.29, 1.82) is 0 Å². The Morgan fingerprint density at radius 1 is 1.40 bits per heavy atom. The predicted octanol–water partition coefficient (Wildman–Crippen LogP) is 0.479. The van der Waals surface area contributed by atoms with Crippen LogP contribution < -0.4 is 0 Å². The summed E-state index contributed by atoms with van der Waals surface area (Å²) in [5.74, 6) is -1.20. The molecule has 0 aromatic rings. The van der Waals surface area contributed by atoms with E-state index in [4.69, 9.17) is 0 Å². The Hall–Kier alpha value is -1.39. The van der Waals surface area contributed by atoms with Gasteiger partial charge in [0, 0.05) is 14.1 Å². The van der Waals surface area contributed by atoms with Gasteiger partial charge in [0.15, 0.2) is 0 Å². The van der Waals surface area contributed by atoms with Gasteiger partial charge in [-0.15, -0.1) is 0 Å². The predicted molar refractivity (Wildman–Crippen MR) is 56.2 cm³/mol. The molecule has 1 atom stereocenters. The van der Waals surface area contributed by atoms with E-state index >= 15 is 0 Å². The Balaban J connectivity index is 0. The van der Waals surface area contributed by atoms with Crippen molar-refractivity contribution in [3.05, 3.63) is 0 Å². The first-order chi connectivity index (χ1) is 6.86. The molecule has 1 unspecified atom stereocenters. The van der Waals surface area contributed by atoms with Crippen LogP contribution in [0.1, 0.15) is 20.8 Å². The average Bonchev–Trinajstić information content (AvgIpc) is 2.17. The van der Waals surface area contributed by atoms with Gasteiger partial charge in [0.1, 0.15) is 11.7 Å². The largest absolute Gasteiger partial charge is 0.465 e. The van der Waals surface area contributed by atoms with Gasteiger partial charge in [-0.1, -0.05) is 0 Å². The summed E-state index contributed by atoms with van der Waals surface area (Å²) in [5, 5.41) is 0. The minimum atomic E-state index is -0.611. The van der Waals surface area contributed by atoms with Gasteiger partial charge in [-0.25, -0.2) is 0 Å². The van der Waals surface area contributed by atoms with E-state index in [-0.39, 0.29) is 5.78 Å². The van der Waals surface area contributed by atoms with Crippen molar-refractivity contribution in [2.24, 2.45) is 5.92 Å². The first-order valence-electron chi connectivity index (χ1n) is 4.65. The average molecular weight is 217 g/mol. The Kier molecular flexibility index (Phi) is 9.82. The molecular formula is C10H19NO4. The second-order valence-corrected chi connectivity index (χ2v) is 3.15. The van der Waals surface area contributed by atoms with Gasteiger partial charge in [-0.05, 0) is 20.8 Å². The number of esters is 1. The van der Waals surface area contributed by atoms with Crippen molar-refractivity contribution >= 4 is 18.2 Å². The van der Waals surface area contributed by atoms with E-state index in [2.05, 4.69) is 4.74 Å². The van der Waals surface area contributed by atoms with Gasteiger partial charge >= 0.3 is 5.97 Å². The lowest BCUT2D eigenvalue weighted by Gasteiger charge is -2.04. The summed E-state index contributed by atoms with van der Waals surface area (Å²) in [5.41, 5.74) is 0. The Morgan fingerprint density at radius 2 is 1.80 bits per heavy atom. The molecule has 0 aliphatic rings. The van der Waals surface area contributed by atoms with Crippen LogP contribution in [0.15, 0.2) is 0 Å². The maximum absolute atomic E-state index is 10.7. The molecule has 0 bridgehead atoms. The summed E-state index contributed by atoms with van der Waals surface area (Å²) in [7, 11) is 3.38. The minimum absolute atomic E-state index is 0.154. The van der Waals surface area contributed by atoms with E-state index in [9.17, 15) is 14.4 Å². The van der Waals surface area contributed by atoms with E-state index in [0.717, 1.165) is 6.41 Å². The zero-order valence-electron chi connectivity index (χ0n) is 9.94. The van der Waals surface area contributed by atoms with Crippen LogP contribution in [0.25, 0.3) is 0 Å². The van der Waals surface area contributed by atoms with E-state index in [0.29, 0.717) is 6.61 Å². The molecule has 0 heterocycles. The van der Waals surface area contributed by atoms with Crippen LogP contribution in [0.2, 0.25) is 0 Å². The number of hydrogen-bond acceptors (Lipinski definition) is 4. The molecule has 0 aliphatic carbocycles. The maximum atomic E-state index is 10.7. The molecule has 0 saturated carbocycles. The first kappa shape index (κ1) is 16.1. The molecule has 0 fully saturated rings. The lowest BCUT2D eigenvalue weighted by atomic mass is 10.1. The maximum Gasteiger partial charge on any atom is 0.316 e. The Morgan fingerprint density at radius 3 is 2.00 bits per heavy atom. The third-order valence-electron chi connectivity index (χ3n) is 1.46. The molecule has 15 heavy (non-hydrogen) atoms. The third kappa shape index (κ3) is 10.5. The number of ketones is 1. The third-order valence-corrected chi connectivity index (χ3v) is 1.46. The van der Waals surface area contributed by atoms with Crippen LogP contribution >= 0.6 is 0 Å². The van der Waals surface area contributed by atoms with Gasteiger partial charge in [0.25, 0.3) is 0 Å². The van der Waals surface area contributed by atoms with Crippen LogP contribution in [0.5, 0.6) is 0 Å². The van der Waals surface area contributed by atoms with Gasteiger partial charge in [0.05, 0.1) is 6.61 Å². The van der Waals surface area contributed by atoms with Crippen molar-refractivity contribution < 1.29 is 19.1 Å². The van der Waals surface area contributed by atoms with E-state index < -0.39 is 11.9 Å². The molecule has 1 amide bonds. The van der Waals surface area contributed by atoms with E-state index in [1.165, 1.54) is 11.8 Å². The molecule has 88 valence electrons. The summed E-state index contributed by atoms with van der Waals surface area (Å²) in [6, 6.07) is 0. The monoisotopic (exact) mass is 217 g/mol. The zero-order chi connectivity index (χ0) is 12.4. The molecule has 5 nitrogen and oxygen atoms in total. The van der Waals surface area contributed by atoms with Gasteiger partial charge in [0.2, 0.25) is 6.41 Å². The molecule has 0 radical (unpaired) electrons. The summed E-state index contributed by atoms with van der Waals surface area (Å²) in [6.07, 6.45) is 0.750. The number of Topliss-reactive ketones (excluding diaryl/α,β-unsaturated/α-hetero) is 1. The number of amides is 1. The second kappa shape index (κ2) is 9.18. The molecule has 0 aromatic carbocycles. The van der Waals surface area contributed by atoms with Gasteiger partial charge < -0.3 is 9.64 Å². The highest BCUT2D eigenvalue weighted by Gasteiger charge is 2.17. The lowest BCUT2D eigenvalue weighted by Crippen LogP contribution is -2.20. The summed E-state index contributed by atoms with van der Waals surface area (Å²) >= 11 is 0. The van der Waals surface area contributed by atoms with E-state index in [1.54, 1.807) is 27.9 Å². The molecule has 0 saturated heterocycles. The standard InChI is InChI=1S/C7H12O3.C3H7NO/c1-4-10-7(9)5(2)6(3)8;1-4(2)3-5/h5H,4H2,1-3H3;3H,1-2H3. The summed E-state index contributed by atoms with van der Waals surface area (Å²) in [4.78, 5) is 32.2. The SMILES string of the molecule is CCOC(=O)C(C)C(C)=O.CN(C)C=O. The molecule has 0 N–H and O–H groups in total. The Labute approximate surface area is 90.4 Å². The number of hydrogen-bond donors (Lipinski definition) is 0. The van der Waals surface area contributed by atoms with Crippen molar-refractivity contribution in [1.82, 2.24) is 4.90 Å². The van der Waals surface area contributed by atoms with Crippen LogP contribution in [0.3, 0.4) is 0 Å². The number of ether oxygens (including phenoxy) is 1. The van der Waals surface area contributed by atoms with E-state index in [1.807, 2.05) is 0 Å². The quantitative estimate of drug-likeness (QED) is 0.390. The number of carbonyl (C=O) groups excluding carboxylic acids is 3. The molecule has 5 heteroatoms. The fourth-order valence-corrected chi connectivity index (χ4v) is 0.433. The summed E-state index contributed by atoms with van der Waals surface area (Å²) < 4.78 is 4.61. The fourth-order valence-electron chi connectivity index (χ4n) is 0.433. The molecule has 0 spiro atoms. The van der Waals surface area contributed by atoms with Gasteiger partial charge in [-0.3, -0.25) is 14.4 Å². The zero-order valence-corrected chi connectivity index (χ0v) is 9.94. The van der Waals surface area contributed by atoms with Crippen LogP contribution in [-0.2, 0) is 19.1 Å². The highest BCUT2D eigenvalue weighted by molar-refractivity contribution is 5.97. The van der Waals surface area contributed by atoms with Crippen LogP contribution in [0, 0.1) is 5.92 Å². The summed E-state index contributed by atoms with van der Waals surface area (Å²) in [6.45, 7) is 4.96. The van der Waals surface area contributed by atoms with Crippen LogP contribution in [0.4, 0.5) is 0 Å². The smallest absolute Gasteiger partial charge is 0.316 e. The molecular weight excluding hydrogens is 198 g/mol. The fraction of sp³-hybridized carbons (Fsp3) is 0.700. The molecule has 0 rings (SSSR count). The number of carbonyl (C=O) groups is 3. The van der Waals surface area contributed by atoms with Crippen molar-refractivity contribution in [2.75, 3.05) is 20.7 Å². The van der Waals surface area contributed by atoms with Gasteiger partial charge in [-0.2, -0.15) is 0 Å². The highest BCUT2D eigenvalue weighted by atomic mass is 16.5. The first-order valence-corrected chi connectivity index (χ1v) is 4.65. The molecule has 0 aromatic heterocycles. The minimum Gasteiger partial charge on any atom is -0.465 e. The number of nitrogens with zero attached hydrogens (tertiary/aromatic N) is 1.